The Kier molecular flexibility index (Phi) is 5.44. The minimum Gasteiger partial charge on any atom is -0.324 e. The zero-order valence-corrected chi connectivity index (χ0v) is 17.5. The monoisotopic (exact) mass is 453 g/mol. The van der Waals surface area contributed by atoms with E-state index in [-0.39, 0.29) is 5.91 Å². The maximum absolute atomic E-state index is 12.9. The Morgan fingerprint density at radius 1 is 1.24 bits per heavy atom. The molecule has 0 aliphatic carbocycles. The lowest BCUT2D eigenvalue weighted by atomic mass is 10.1. The molecule has 0 spiro atoms. The van der Waals surface area contributed by atoms with Crippen LogP contribution in [0.1, 0.15) is 23.1 Å². The number of aromatic nitrogens is 3. The quantitative estimate of drug-likeness (QED) is 0.660. The van der Waals surface area contributed by atoms with Crippen molar-refractivity contribution in [2.24, 2.45) is 0 Å². The highest BCUT2D eigenvalue weighted by atomic mass is 79.9. The van der Waals surface area contributed by atoms with Gasteiger partial charge in [0, 0.05) is 42.2 Å². The van der Waals surface area contributed by atoms with E-state index in [1.54, 1.807) is 36.7 Å². The van der Waals surface area contributed by atoms with Gasteiger partial charge >= 0.3 is 6.03 Å². The fourth-order valence-electron chi connectivity index (χ4n) is 3.48. The van der Waals surface area contributed by atoms with Gasteiger partial charge in [-0.15, -0.1) is 0 Å². The summed E-state index contributed by atoms with van der Waals surface area (Å²) < 4.78 is 2.16. The number of pyridine rings is 1. The second-order valence-corrected chi connectivity index (χ2v) is 7.95. The number of likely N-dealkylation sites (N-methyl/N-ethyl adjacent to an activating group) is 1. The Hall–Kier alpha value is -3.00. The molecular weight excluding hydrogens is 434 g/mol. The summed E-state index contributed by atoms with van der Waals surface area (Å²) in [6.07, 6.45) is 8.71. The van der Waals surface area contributed by atoms with Gasteiger partial charge in [-0.25, -0.2) is 4.79 Å². The van der Waals surface area contributed by atoms with Crippen LogP contribution in [0.15, 0.2) is 59.6 Å². The normalized spacial score (nSPS) is 16.3. The molecule has 0 radical (unpaired) electrons. The zero-order chi connectivity index (χ0) is 20.4. The minimum absolute atomic E-state index is 0.139. The third kappa shape index (κ3) is 4.22. The summed E-state index contributed by atoms with van der Waals surface area (Å²) in [6, 6.07) is 8.73. The van der Waals surface area contributed by atoms with Crippen molar-refractivity contribution >= 4 is 33.6 Å². The van der Waals surface area contributed by atoms with Gasteiger partial charge in [-0.2, -0.15) is 9.78 Å². The Morgan fingerprint density at radius 3 is 2.83 bits per heavy atom. The molecule has 4 rings (SSSR count). The summed E-state index contributed by atoms with van der Waals surface area (Å²) in [5, 5.41) is 6.98. The molecule has 0 saturated carbocycles. The molecule has 3 aromatic rings. The minimum atomic E-state index is -0.605. The van der Waals surface area contributed by atoms with Gasteiger partial charge in [0.25, 0.3) is 0 Å². The second-order valence-electron chi connectivity index (χ2n) is 7.04. The van der Waals surface area contributed by atoms with Crippen molar-refractivity contribution in [3.05, 3.63) is 76.3 Å². The number of hydrogen-bond donors (Lipinski definition) is 1. The van der Waals surface area contributed by atoms with Crippen LogP contribution in [0.25, 0.3) is 0 Å². The fourth-order valence-corrected chi connectivity index (χ4v) is 3.83. The van der Waals surface area contributed by atoms with Crippen molar-refractivity contribution in [2.45, 2.75) is 25.3 Å². The van der Waals surface area contributed by atoms with E-state index in [1.807, 2.05) is 30.3 Å². The van der Waals surface area contributed by atoms with Crippen molar-refractivity contribution < 1.29 is 9.59 Å². The number of benzene rings is 1. The van der Waals surface area contributed by atoms with Gasteiger partial charge in [0.15, 0.2) is 0 Å². The van der Waals surface area contributed by atoms with E-state index < -0.39 is 12.1 Å². The van der Waals surface area contributed by atoms with Crippen LogP contribution in [0, 0.1) is 0 Å². The Bertz CT molecular complexity index is 1050. The predicted octanol–water partition coefficient (Wildman–Crippen LogP) is 3.17. The molecule has 0 bridgehead atoms. The fraction of sp³-hybridized carbons (Fsp3) is 0.238. The van der Waals surface area contributed by atoms with Crippen LogP contribution in [0.4, 0.5) is 10.5 Å². The van der Waals surface area contributed by atoms with Gasteiger partial charge in [-0.1, -0.05) is 22.0 Å². The summed E-state index contributed by atoms with van der Waals surface area (Å²) >= 11 is 3.45. The Morgan fingerprint density at radius 2 is 2.03 bits per heavy atom. The number of nitrogens with one attached hydrogen (secondary N) is 1. The van der Waals surface area contributed by atoms with Gasteiger partial charge in [0.1, 0.15) is 6.04 Å². The molecular formula is C21H20BrN5O2. The van der Waals surface area contributed by atoms with E-state index in [0.717, 1.165) is 26.9 Å². The number of anilines is 1. The molecule has 1 aliphatic rings. The lowest BCUT2D eigenvalue weighted by molar-refractivity contribution is -0.120. The number of carbonyl (C=O) groups is 2. The van der Waals surface area contributed by atoms with Crippen molar-refractivity contribution in [2.75, 3.05) is 11.9 Å². The number of nitrogens with zero attached hydrogens (tertiary/aromatic N) is 4. The molecule has 1 atom stereocenters. The summed E-state index contributed by atoms with van der Waals surface area (Å²) in [5.41, 5.74) is 3.94. The van der Waals surface area contributed by atoms with Crippen LogP contribution in [0.3, 0.4) is 0 Å². The van der Waals surface area contributed by atoms with Crippen molar-refractivity contribution in [3.63, 3.8) is 0 Å². The van der Waals surface area contributed by atoms with Crippen LogP contribution in [-0.2, 0) is 17.6 Å². The standard InChI is InChI=1S/C21H20BrN5O2/c1-26-19-11-17(22)4-2-16(19)3-5-18(20(26)28)25-21(29)27-13-15(12-24-27)10-14-6-8-23-9-7-14/h2,4,6-9,11-13,18H,3,5,10H2,1H3,(H,25,29). The summed E-state index contributed by atoms with van der Waals surface area (Å²) in [7, 11) is 1.73. The third-order valence-electron chi connectivity index (χ3n) is 5.04. The largest absolute Gasteiger partial charge is 0.342 e. The molecule has 1 N–H and O–H groups in total. The van der Waals surface area contributed by atoms with Crippen LogP contribution in [0.2, 0.25) is 0 Å². The Balaban J connectivity index is 1.45. The van der Waals surface area contributed by atoms with E-state index >= 15 is 0 Å². The van der Waals surface area contributed by atoms with Crippen molar-refractivity contribution in [3.8, 4) is 0 Å². The molecule has 148 valence electrons. The number of rotatable bonds is 3. The smallest absolute Gasteiger partial charge is 0.324 e. The molecule has 7 nitrogen and oxygen atoms in total. The number of halogens is 1. The van der Waals surface area contributed by atoms with Gasteiger partial charge in [0.05, 0.1) is 6.20 Å². The molecule has 0 fully saturated rings. The van der Waals surface area contributed by atoms with E-state index in [0.29, 0.717) is 19.3 Å². The maximum atomic E-state index is 12.9. The molecule has 1 unspecified atom stereocenters. The van der Waals surface area contributed by atoms with E-state index in [9.17, 15) is 9.59 Å². The molecule has 0 saturated heterocycles. The highest BCUT2D eigenvalue weighted by Crippen LogP contribution is 2.29. The molecule has 2 amide bonds. The van der Waals surface area contributed by atoms with Gasteiger partial charge in [-0.05, 0) is 53.8 Å². The zero-order valence-electron chi connectivity index (χ0n) is 15.9. The number of amides is 2. The highest BCUT2D eigenvalue weighted by Gasteiger charge is 2.29. The maximum Gasteiger partial charge on any atom is 0.342 e. The van der Waals surface area contributed by atoms with Crippen LogP contribution in [0.5, 0.6) is 0 Å². The average Bonchev–Trinajstić information content (AvgIpc) is 3.16. The van der Waals surface area contributed by atoms with E-state index in [4.69, 9.17) is 0 Å². The molecule has 8 heteroatoms. The Labute approximate surface area is 176 Å². The van der Waals surface area contributed by atoms with Crippen LogP contribution in [-0.4, -0.2) is 39.8 Å². The van der Waals surface area contributed by atoms with Crippen molar-refractivity contribution in [1.82, 2.24) is 20.1 Å². The first kappa shape index (κ1) is 19.3. The summed E-state index contributed by atoms with van der Waals surface area (Å²) in [4.78, 5) is 31.2. The van der Waals surface area contributed by atoms with Gasteiger partial charge < -0.3 is 10.2 Å². The number of aryl methyl sites for hydroxylation is 1. The first-order valence-electron chi connectivity index (χ1n) is 9.30. The molecule has 1 aromatic carbocycles. The predicted molar refractivity (Wildman–Crippen MR) is 113 cm³/mol. The molecule has 1 aliphatic heterocycles. The topological polar surface area (TPSA) is 80.1 Å². The van der Waals surface area contributed by atoms with Crippen molar-refractivity contribution in [1.29, 1.82) is 0 Å². The molecule has 2 aromatic heterocycles. The SMILES string of the molecule is CN1C(=O)C(NC(=O)n2cc(Cc3ccncc3)cn2)CCc2ccc(Br)cc21. The van der Waals surface area contributed by atoms with Crippen LogP contribution >= 0.6 is 15.9 Å². The van der Waals surface area contributed by atoms with Crippen LogP contribution < -0.4 is 10.2 Å². The summed E-state index contributed by atoms with van der Waals surface area (Å²) in [5.74, 6) is -0.139. The van der Waals surface area contributed by atoms with E-state index in [2.05, 4.69) is 31.3 Å². The summed E-state index contributed by atoms with van der Waals surface area (Å²) in [6.45, 7) is 0. The highest BCUT2D eigenvalue weighted by molar-refractivity contribution is 9.10. The average molecular weight is 454 g/mol. The number of fused-ring (bicyclic) bond motifs is 1. The number of hydrogen-bond acceptors (Lipinski definition) is 4. The number of carbonyl (C=O) groups excluding carboxylic acids is 2. The van der Waals surface area contributed by atoms with E-state index in [1.165, 1.54) is 4.68 Å². The van der Waals surface area contributed by atoms with Gasteiger partial charge in [0.2, 0.25) is 5.91 Å². The second kappa shape index (κ2) is 8.16. The lowest BCUT2D eigenvalue weighted by Crippen LogP contribution is -2.48. The molecule has 29 heavy (non-hydrogen) atoms. The first-order chi connectivity index (χ1) is 14.0. The molecule has 3 heterocycles. The lowest BCUT2D eigenvalue weighted by Gasteiger charge is -2.22. The third-order valence-corrected chi connectivity index (χ3v) is 5.53. The van der Waals surface area contributed by atoms with Gasteiger partial charge in [-0.3, -0.25) is 9.78 Å². The first-order valence-corrected chi connectivity index (χ1v) is 10.1.